The van der Waals surface area contributed by atoms with E-state index >= 15 is 0 Å². The first-order chi connectivity index (χ1) is 8.94. The van der Waals surface area contributed by atoms with Gasteiger partial charge in [0.05, 0.1) is 18.5 Å². The average molecular weight is 281 g/mol. The Labute approximate surface area is 111 Å². The zero-order valence-electron chi connectivity index (χ0n) is 10.7. The van der Waals surface area contributed by atoms with Crippen LogP contribution in [-0.2, 0) is 23.7 Å². The Hall–Kier alpha value is -1.86. The minimum Gasteiger partial charge on any atom is -0.390 e. The highest BCUT2D eigenvalue weighted by Gasteiger charge is 2.18. The largest absolute Gasteiger partial charge is 0.390 e. The summed E-state index contributed by atoms with van der Waals surface area (Å²) in [6.07, 6.45) is 4.52. The molecule has 2 aromatic rings. The van der Waals surface area contributed by atoms with Crippen LogP contribution in [0.25, 0.3) is 0 Å². The SMILES string of the molecule is Cc1ccncc1NS(=O)(=O)c1cc(CO)n(C)c1. The van der Waals surface area contributed by atoms with Crippen LogP contribution in [0.3, 0.4) is 0 Å². The molecule has 0 amide bonds. The molecule has 102 valence electrons. The maximum Gasteiger partial charge on any atom is 0.263 e. The number of aromatic nitrogens is 2. The first-order valence-electron chi connectivity index (χ1n) is 5.63. The van der Waals surface area contributed by atoms with Gasteiger partial charge < -0.3 is 9.67 Å². The van der Waals surface area contributed by atoms with Crippen LogP contribution in [0.5, 0.6) is 0 Å². The first kappa shape index (κ1) is 13.6. The summed E-state index contributed by atoms with van der Waals surface area (Å²) in [5.74, 6) is 0. The van der Waals surface area contributed by atoms with Crippen molar-refractivity contribution in [3.05, 3.63) is 42.0 Å². The molecule has 0 saturated carbocycles. The summed E-state index contributed by atoms with van der Waals surface area (Å²) in [5.41, 5.74) is 1.76. The molecule has 0 radical (unpaired) electrons. The summed E-state index contributed by atoms with van der Waals surface area (Å²) < 4.78 is 28.5. The third kappa shape index (κ3) is 2.77. The molecule has 0 saturated heterocycles. The molecule has 0 aliphatic carbocycles. The van der Waals surface area contributed by atoms with Gasteiger partial charge in [-0.25, -0.2) is 8.42 Å². The number of aryl methyl sites for hydroxylation is 2. The molecule has 0 atom stereocenters. The molecule has 7 heteroatoms. The summed E-state index contributed by atoms with van der Waals surface area (Å²) in [4.78, 5) is 4.00. The number of hydrogen-bond donors (Lipinski definition) is 2. The second-order valence-electron chi connectivity index (χ2n) is 4.23. The van der Waals surface area contributed by atoms with Crippen LogP contribution in [0.15, 0.2) is 35.6 Å². The van der Waals surface area contributed by atoms with Gasteiger partial charge in [-0.3, -0.25) is 9.71 Å². The van der Waals surface area contributed by atoms with E-state index in [1.807, 2.05) is 0 Å². The van der Waals surface area contributed by atoms with Gasteiger partial charge in [-0.2, -0.15) is 0 Å². The van der Waals surface area contributed by atoms with Crippen LogP contribution in [0.2, 0.25) is 0 Å². The van der Waals surface area contributed by atoms with Crippen LogP contribution in [0.1, 0.15) is 11.3 Å². The van der Waals surface area contributed by atoms with Crippen molar-refractivity contribution in [2.24, 2.45) is 7.05 Å². The summed E-state index contributed by atoms with van der Waals surface area (Å²) in [7, 11) is -1.99. The molecule has 0 fully saturated rings. The van der Waals surface area contributed by atoms with E-state index in [-0.39, 0.29) is 11.5 Å². The lowest BCUT2D eigenvalue weighted by Crippen LogP contribution is -2.13. The zero-order chi connectivity index (χ0) is 14.0. The smallest absolute Gasteiger partial charge is 0.263 e. The van der Waals surface area contributed by atoms with E-state index in [0.717, 1.165) is 5.56 Å². The molecule has 19 heavy (non-hydrogen) atoms. The van der Waals surface area contributed by atoms with Gasteiger partial charge >= 0.3 is 0 Å². The molecular formula is C12H15N3O3S. The molecule has 0 aliphatic heterocycles. The van der Waals surface area contributed by atoms with E-state index in [0.29, 0.717) is 11.4 Å². The second-order valence-corrected chi connectivity index (χ2v) is 5.91. The quantitative estimate of drug-likeness (QED) is 0.876. The van der Waals surface area contributed by atoms with Crippen LogP contribution < -0.4 is 4.72 Å². The molecule has 0 aliphatic rings. The molecule has 2 aromatic heterocycles. The Kier molecular flexibility index (Phi) is 3.59. The number of pyridine rings is 1. The minimum absolute atomic E-state index is 0.113. The lowest BCUT2D eigenvalue weighted by molar-refractivity contribution is 0.272. The summed E-state index contributed by atoms with van der Waals surface area (Å²) >= 11 is 0. The molecule has 0 aromatic carbocycles. The Bertz CT molecular complexity index is 692. The Morgan fingerprint density at radius 2 is 2.21 bits per heavy atom. The zero-order valence-corrected chi connectivity index (χ0v) is 11.5. The minimum atomic E-state index is -3.67. The van der Waals surface area contributed by atoms with Crippen LogP contribution >= 0.6 is 0 Å². The van der Waals surface area contributed by atoms with Gasteiger partial charge in [-0.05, 0) is 24.6 Å². The number of aliphatic hydroxyl groups excluding tert-OH is 1. The summed E-state index contributed by atoms with van der Waals surface area (Å²) in [6, 6.07) is 3.16. The summed E-state index contributed by atoms with van der Waals surface area (Å²) in [5, 5.41) is 9.09. The molecule has 0 bridgehead atoms. The fourth-order valence-electron chi connectivity index (χ4n) is 1.66. The number of sulfonamides is 1. The molecule has 2 rings (SSSR count). The standard InChI is InChI=1S/C12H15N3O3S/c1-9-3-4-13-6-12(9)14-19(17,18)11-5-10(8-16)15(2)7-11/h3-7,14,16H,8H2,1-2H3. The van der Waals surface area contributed by atoms with E-state index in [1.54, 1.807) is 30.8 Å². The van der Waals surface area contributed by atoms with Crippen LogP contribution in [-0.4, -0.2) is 23.1 Å². The van der Waals surface area contributed by atoms with Gasteiger partial charge in [0.15, 0.2) is 0 Å². The highest BCUT2D eigenvalue weighted by molar-refractivity contribution is 7.92. The van der Waals surface area contributed by atoms with E-state index in [9.17, 15) is 8.42 Å². The number of aliphatic hydroxyl groups is 1. The number of hydrogen-bond acceptors (Lipinski definition) is 4. The summed E-state index contributed by atoms with van der Waals surface area (Å²) in [6.45, 7) is 1.58. The van der Waals surface area contributed by atoms with Crippen molar-refractivity contribution in [1.82, 2.24) is 9.55 Å². The lowest BCUT2D eigenvalue weighted by Gasteiger charge is -2.08. The monoisotopic (exact) mass is 281 g/mol. The molecule has 0 spiro atoms. The normalized spacial score (nSPS) is 11.5. The van der Waals surface area contributed by atoms with Crippen molar-refractivity contribution < 1.29 is 13.5 Å². The molecular weight excluding hydrogens is 266 g/mol. The van der Waals surface area contributed by atoms with Gasteiger partial charge in [-0.1, -0.05) is 0 Å². The maximum atomic E-state index is 12.2. The number of nitrogens with one attached hydrogen (secondary N) is 1. The van der Waals surface area contributed by atoms with E-state index in [1.165, 1.54) is 18.5 Å². The maximum absolute atomic E-state index is 12.2. The fraction of sp³-hybridized carbons (Fsp3) is 0.250. The predicted octanol–water partition coefficient (Wildman–Crippen LogP) is 1.02. The predicted molar refractivity (Wildman–Crippen MR) is 71.1 cm³/mol. The lowest BCUT2D eigenvalue weighted by atomic mass is 10.3. The van der Waals surface area contributed by atoms with Crippen molar-refractivity contribution in [2.45, 2.75) is 18.4 Å². The molecule has 2 N–H and O–H groups in total. The van der Waals surface area contributed by atoms with E-state index in [4.69, 9.17) is 5.11 Å². The third-order valence-corrected chi connectivity index (χ3v) is 4.17. The highest BCUT2D eigenvalue weighted by Crippen LogP contribution is 2.19. The van der Waals surface area contributed by atoms with E-state index < -0.39 is 10.0 Å². The van der Waals surface area contributed by atoms with Gasteiger partial charge in [0.2, 0.25) is 0 Å². The van der Waals surface area contributed by atoms with Crippen LogP contribution in [0, 0.1) is 6.92 Å². The number of anilines is 1. The third-order valence-electron chi connectivity index (χ3n) is 2.84. The van der Waals surface area contributed by atoms with Crippen molar-refractivity contribution in [1.29, 1.82) is 0 Å². The molecule has 2 heterocycles. The Morgan fingerprint density at radius 1 is 1.47 bits per heavy atom. The average Bonchev–Trinajstić information content (AvgIpc) is 2.74. The van der Waals surface area contributed by atoms with Gasteiger partial charge in [-0.15, -0.1) is 0 Å². The number of rotatable bonds is 4. The molecule has 6 nitrogen and oxygen atoms in total. The fourth-order valence-corrected chi connectivity index (χ4v) is 2.86. The van der Waals surface area contributed by atoms with Gasteiger partial charge in [0.25, 0.3) is 10.0 Å². The molecule has 0 unspecified atom stereocenters. The Balaban J connectivity index is 2.35. The first-order valence-corrected chi connectivity index (χ1v) is 7.12. The Morgan fingerprint density at radius 3 is 2.79 bits per heavy atom. The topological polar surface area (TPSA) is 84.2 Å². The van der Waals surface area contributed by atoms with Crippen molar-refractivity contribution in [3.8, 4) is 0 Å². The second kappa shape index (κ2) is 5.02. The van der Waals surface area contributed by atoms with Gasteiger partial charge in [0, 0.05) is 25.1 Å². The van der Waals surface area contributed by atoms with Crippen molar-refractivity contribution in [2.75, 3.05) is 4.72 Å². The highest BCUT2D eigenvalue weighted by atomic mass is 32.2. The number of nitrogens with zero attached hydrogens (tertiary/aromatic N) is 2. The van der Waals surface area contributed by atoms with E-state index in [2.05, 4.69) is 9.71 Å². The van der Waals surface area contributed by atoms with Crippen molar-refractivity contribution >= 4 is 15.7 Å². The van der Waals surface area contributed by atoms with Crippen LogP contribution in [0.4, 0.5) is 5.69 Å². The van der Waals surface area contributed by atoms with Gasteiger partial charge in [0.1, 0.15) is 4.90 Å². The van der Waals surface area contributed by atoms with Crippen molar-refractivity contribution in [3.63, 3.8) is 0 Å².